The van der Waals surface area contributed by atoms with Crippen LogP contribution >= 0.6 is 79.4 Å². The number of anilines is 1. The second-order valence-electron chi connectivity index (χ2n) is 6.17. The SMILES string of the molecule is CC(=O)OCC(OC(C)=O)C(OC(C)=O)C(=O)Nc1c(I)c(C(N)=O)c(I)c(C(=O)Cl)c1I. The quantitative estimate of drug-likeness (QED) is 0.165. The minimum atomic E-state index is -1.75. The Bertz CT molecular complexity index is 991. The molecule has 0 aliphatic heterocycles. The van der Waals surface area contributed by atoms with Gasteiger partial charge in [0.05, 0.1) is 24.0 Å². The average molecular weight is 820 g/mol. The van der Waals surface area contributed by atoms with E-state index < -0.39 is 53.8 Å². The van der Waals surface area contributed by atoms with Crippen LogP contribution in [0.1, 0.15) is 41.5 Å². The largest absolute Gasteiger partial charge is 0.462 e. The summed E-state index contributed by atoms with van der Waals surface area (Å²) in [6.45, 7) is 2.58. The monoisotopic (exact) mass is 820 g/mol. The van der Waals surface area contributed by atoms with E-state index in [0.717, 1.165) is 20.8 Å². The second kappa shape index (κ2) is 13.0. The number of nitrogens with one attached hydrogen (secondary N) is 1. The number of hydrogen-bond donors (Lipinski definition) is 2. The van der Waals surface area contributed by atoms with Crippen molar-refractivity contribution in [3.8, 4) is 0 Å². The number of benzene rings is 1. The molecule has 0 radical (unpaired) electrons. The summed E-state index contributed by atoms with van der Waals surface area (Å²) < 4.78 is 15.4. The number of primary amides is 1. The van der Waals surface area contributed by atoms with Crippen LogP contribution < -0.4 is 11.1 Å². The van der Waals surface area contributed by atoms with Crippen molar-refractivity contribution in [2.45, 2.75) is 33.0 Å². The van der Waals surface area contributed by atoms with Gasteiger partial charge in [-0.1, -0.05) is 0 Å². The Morgan fingerprint density at radius 2 is 1.39 bits per heavy atom. The zero-order chi connectivity index (χ0) is 25.6. The number of amides is 2. The highest BCUT2D eigenvalue weighted by Gasteiger charge is 2.36. The van der Waals surface area contributed by atoms with Crippen LogP contribution in [-0.4, -0.2) is 53.8 Å². The third-order valence-corrected chi connectivity index (χ3v) is 7.09. The van der Waals surface area contributed by atoms with E-state index in [9.17, 15) is 28.8 Å². The molecule has 0 saturated heterocycles. The van der Waals surface area contributed by atoms with E-state index in [0.29, 0.717) is 0 Å². The molecule has 1 aromatic carbocycles. The lowest BCUT2D eigenvalue weighted by molar-refractivity contribution is -0.175. The van der Waals surface area contributed by atoms with Crippen LogP contribution in [0.3, 0.4) is 0 Å². The molecule has 0 aromatic heterocycles. The smallest absolute Gasteiger partial charge is 0.303 e. The van der Waals surface area contributed by atoms with E-state index in [2.05, 4.69) is 5.32 Å². The van der Waals surface area contributed by atoms with Crippen molar-refractivity contribution in [2.24, 2.45) is 5.73 Å². The Morgan fingerprint density at radius 1 is 0.879 bits per heavy atom. The molecule has 1 rings (SSSR count). The summed E-state index contributed by atoms with van der Waals surface area (Å²) in [7, 11) is 0. The topological polar surface area (TPSA) is 168 Å². The van der Waals surface area contributed by atoms with E-state index in [4.69, 9.17) is 31.5 Å². The van der Waals surface area contributed by atoms with Crippen molar-refractivity contribution in [1.29, 1.82) is 0 Å². The number of carbonyl (C=O) groups excluding carboxylic acids is 6. The van der Waals surface area contributed by atoms with Crippen molar-refractivity contribution in [3.63, 3.8) is 0 Å². The van der Waals surface area contributed by atoms with Gasteiger partial charge in [-0.05, 0) is 79.4 Å². The summed E-state index contributed by atoms with van der Waals surface area (Å²) in [5.41, 5.74) is 5.30. The standard InChI is InChI=1S/C18H16ClI3N2O9/c1-5(25)31-4-8(32-6(2)26)15(33-7(3)27)18(30)24-14-12(21)9(16(19)28)11(20)10(13(14)22)17(23)29/h8,15H,4H2,1-3H3,(H2,23,29)(H,24,30). The van der Waals surface area contributed by atoms with Gasteiger partial charge in [0.15, 0.2) is 6.10 Å². The molecule has 0 fully saturated rings. The van der Waals surface area contributed by atoms with Gasteiger partial charge in [-0.25, -0.2) is 0 Å². The van der Waals surface area contributed by atoms with Crippen LogP contribution in [0.4, 0.5) is 5.69 Å². The Morgan fingerprint density at radius 3 is 1.82 bits per heavy atom. The molecule has 180 valence electrons. The molecule has 2 atom stereocenters. The summed E-state index contributed by atoms with van der Waals surface area (Å²) in [5, 5.41) is 1.56. The predicted molar refractivity (Wildman–Crippen MR) is 140 cm³/mol. The first kappa shape index (κ1) is 29.8. The zero-order valence-corrected chi connectivity index (χ0v) is 24.4. The molecule has 3 N–H and O–H groups in total. The van der Waals surface area contributed by atoms with Gasteiger partial charge < -0.3 is 25.3 Å². The number of esters is 3. The molecule has 0 bridgehead atoms. The molecule has 0 aliphatic carbocycles. The lowest BCUT2D eigenvalue weighted by Crippen LogP contribution is -2.46. The van der Waals surface area contributed by atoms with Crippen LogP contribution in [0.25, 0.3) is 0 Å². The van der Waals surface area contributed by atoms with E-state index in [1.807, 2.05) is 0 Å². The van der Waals surface area contributed by atoms with Gasteiger partial charge in [-0.2, -0.15) is 0 Å². The molecule has 0 spiro atoms. The van der Waals surface area contributed by atoms with E-state index in [1.54, 1.807) is 67.8 Å². The van der Waals surface area contributed by atoms with Gasteiger partial charge in [-0.15, -0.1) is 0 Å². The van der Waals surface area contributed by atoms with E-state index in [-0.39, 0.29) is 27.5 Å². The maximum absolute atomic E-state index is 13.1. The van der Waals surface area contributed by atoms with Gasteiger partial charge in [-0.3, -0.25) is 28.8 Å². The Balaban J connectivity index is 3.57. The zero-order valence-electron chi connectivity index (χ0n) is 17.1. The van der Waals surface area contributed by atoms with Crippen molar-refractivity contribution in [3.05, 3.63) is 21.8 Å². The first-order chi connectivity index (χ1) is 15.2. The molecule has 0 saturated carbocycles. The van der Waals surface area contributed by atoms with Crippen LogP contribution in [0.15, 0.2) is 0 Å². The number of rotatable bonds is 9. The maximum Gasteiger partial charge on any atom is 0.303 e. The molecule has 2 unspecified atom stereocenters. The van der Waals surface area contributed by atoms with Crippen LogP contribution in [-0.2, 0) is 33.4 Å². The summed E-state index contributed by atoms with van der Waals surface area (Å²) in [5.74, 6) is -4.33. The number of nitrogens with two attached hydrogens (primary N) is 1. The lowest BCUT2D eigenvalue weighted by Gasteiger charge is -2.26. The maximum atomic E-state index is 13.1. The van der Waals surface area contributed by atoms with Gasteiger partial charge >= 0.3 is 17.9 Å². The molecular formula is C18H16ClI3N2O9. The fourth-order valence-electron chi connectivity index (χ4n) is 2.43. The van der Waals surface area contributed by atoms with Crippen LogP contribution in [0, 0.1) is 10.7 Å². The molecular weight excluding hydrogens is 804 g/mol. The van der Waals surface area contributed by atoms with E-state index in [1.165, 1.54) is 0 Å². The van der Waals surface area contributed by atoms with Crippen LogP contribution in [0.2, 0.25) is 0 Å². The minimum absolute atomic E-state index is 0.00868. The van der Waals surface area contributed by atoms with Crippen molar-refractivity contribution in [2.75, 3.05) is 11.9 Å². The first-order valence-electron chi connectivity index (χ1n) is 8.67. The highest BCUT2D eigenvalue weighted by Crippen LogP contribution is 2.36. The fourth-order valence-corrected chi connectivity index (χ4v) is 7.40. The average Bonchev–Trinajstić information content (AvgIpc) is 2.65. The van der Waals surface area contributed by atoms with Crippen LogP contribution in [0.5, 0.6) is 0 Å². The Kier molecular flexibility index (Phi) is 11.7. The molecule has 15 heteroatoms. The van der Waals surface area contributed by atoms with E-state index >= 15 is 0 Å². The number of carbonyl (C=O) groups is 6. The molecule has 1 aromatic rings. The normalized spacial score (nSPS) is 12.2. The summed E-state index contributed by atoms with van der Waals surface area (Å²) in [6.07, 6.45) is -3.23. The van der Waals surface area contributed by atoms with Gasteiger partial charge in [0.2, 0.25) is 6.10 Å². The molecule has 0 aliphatic rings. The molecule has 2 amide bonds. The highest BCUT2D eigenvalue weighted by molar-refractivity contribution is 14.1. The van der Waals surface area contributed by atoms with Gasteiger partial charge in [0.1, 0.15) is 6.61 Å². The second-order valence-corrected chi connectivity index (χ2v) is 9.75. The number of halogens is 4. The van der Waals surface area contributed by atoms with Crippen molar-refractivity contribution in [1.82, 2.24) is 0 Å². The number of ether oxygens (including phenoxy) is 3. The molecule has 11 nitrogen and oxygen atoms in total. The molecule has 33 heavy (non-hydrogen) atoms. The third kappa shape index (κ3) is 8.16. The fraction of sp³-hybridized carbons (Fsp3) is 0.333. The molecule has 0 heterocycles. The summed E-state index contributed by atoms with van der Waals surface area (Å²) in [4.78, 5) is 71.4. The van der Waals surface area contributed by atoms with Gasteiger partial charge in [0, 0.05) is 24.3 Å². The number of hydrogen-bond acceptors (Lipinski definition) is 9. The first-order valence-corrected chi connectivity index (χ1v) is 12.3. The minimum Gasteiger partial charge on any atom is -0.462 e. The third-order valence-electron chi connectivity index (χ3n) is 3.67. The van der Waals surface area contributed by atoms with Gasteiger partial charge in [0.25, 0.3) is 17.1 Å². The Labute approximate surface area is 233 Å². The van der Waals surface area contributed by atoms with Crippen molar-refractivity contribution >= 4 is 120 Å². The lowest BCUT2D eigenvalue weighted by atomic mass is 10.1. The van der Waals surface area contributed by atoms with Crippen molar-refractivity contribution < 1.29 is 43.0 Å². The summed E-state index contributed by atoms with van der Waals surface area (Å²) >= 11 is 10.9. The Hall–Kier alpha value is -1.28. The predicted octanol–water partition coefficient (Wildman–Crippen LogP) is 2.34. The highest BCUT2D eigenvalue weighted by atomic mass is 127. The summed E-state index contributed by atoms with van der Waals surface area (Å²) in [6, 6.07) is 0.